The van der Waals surface area contributed by atoms with Crippen LogP contribution in [0.3, 0.4) is 0 Å². The van der Waals surface area contributed by atoms with E-state index in [9.17, 15) is 0 Å². The largest absolute Gasteiger partial charge is 0.361 e. The van der Waals surface area contributed by atoms with E-state index in [2.05, 4.69) is 38.2 Å². The Hall–Kier alpha value is -0.830. The van der Waals surface area contributed by atoms with Crippen LogP contribution in [-0.4, -0.2) is 12.2 Å². The van der Waals surface area contributed by atoms with Crippen LogP contribution in [0.1, 0.15) is 50.6 Å². The van der Waals surface area contributed by atoms with Crippen LogP contribution in [-0.2, 0) is 13.0 Å². The van der Waals surface area contributed by atoms with Crippen LogP contribution in [0.2, 0.25) is 0 Å². The second-order valence-electron chi connectivity index (χ2n) is 4.75. The molecular formula is C12H22N2O. The van der Waals surface area contributed by atoms with Crippen LogP contribution in [0.15, 0.2) is 4.52 Å². The van der Waals surface area contributed by atoms with Crippen molar-refractivity contribution in [2.45, 2.75) is 46.6 Å². The monoisotopic (exact) mass is 210 g/mol. The lowest BCUT2D eigenvalue weighted by Gasteiger charge is -2.08. The summed E-state index contributed by atoms with van der Waals surface area (Å²) in [7, 11) is 1.93. The molecule has 1 aromatic heterocycles. The Morgan fingerprint density at radius 2 is 1.93 bits per heavy atom. The lowest BCUT2D eigenvalue weighted by Crippen LogP contribution is -2.09. The number of rotatable bonds is 5. The van der Waals surface area contributed by atoms with Crippen LogP contribution >= 0.6 is 0 Å². The first-order valence-electron chi connectivity index (χ1n) is 5.68. The van der Waals surface area contributed by atoms with E-state index in [0.717, 1.165) is 24.4 Å². The molecule has 0 aliphatic rings. The first-order valence-corrected chi connectivity index (χ1v) is 5.68. The van der Waals surface area contributed by atoms with Crippen molar-refractivity contribution in [2.75, 3.05) is 7.05 Å². The van der Waals surface area contributed by atoms with E-state index < -0.39 is 0 Å². The minimum absolute atomic E-state index is 0.480. The van der Waals surface area contributed by atoms with Crippen LogP contribution in [0, 0.1) is 5.92 Å². The summed E-state index contributed by atoms with van der Waals surface area (Å²) < 4.78 is 5.43. The molecule has 1 N–H and O–H groups in total. The van der Waals surface area contributed by atoms with Gasteiger partial charge in [-0.2, -0.15) is 0 Å². The molecule has 0 spiro atoms. The lowest BCUT2D eigenvalue weighted by molar-refractivity contribution is 0.361. The summed E-state index contributed by atoms with van der Waals surface area (Å²) in [6, 6.07) is 0. The molecule has 0 atom stereocenters. The molecular weight excluding hydrogens is 188 g/mol. The Kier molecular flexibility index (Phi) is 4.33. The Morgan fingerprint density at radius 3 is 2.40 bits per heavy atom. The number of nitrogens with one attached hydrogen (secondary N) is 1. The molecule has 0 bridgehead atoms. The third kappa shape index (κ3) is 3.06. The van der Waals surface area contributed by atoms with Crippen molar-refractivity contribution in [3.63, 3.8) is 0 Å². The summed E-state index contributed by atoms with van der Waals surface area (Å²) in [5.74, 6) is 2.15. The van der Waals surface area contributed by atoms with Gasteiger partial charge < -0.3 is 9.84 Å². The van der Waals surface area contributed by atoms with Crippen molar-refractivity contribution in [3.8, 4) is 0 Å². The highest BCUT2D eigenvalue weighted by Crippen LogP contribution is 2.25. The van der Waals surface area contributed by atoms with Crippen molar-refractivity contribution in [1.29, 1.82) is 0 Å². The molecule has 0 aliphatic carbocycles. The summed E-state index contributed by atoms with van der Waals surface area (Å²) in [5, 5.41) is 7.27. The predicted molar refractivity (Wildman–Crippen MR) is 61.9 cm³/mol. The van der Waals surface area contributed by atoms with Crippen LogP contribution in [0.4, 0.5) is 0 Å². The Morgan fingerprint density at radius 1 is 1.27 bits per heavy atom. The van der Waals surface area contributed by atoms with Gasteiger partial charge >= 0.3 is 0 Å². The van der Waals surface area contributed by atoms with E-state index in [4.69, 9.17) is 4.52 Å². The standard InChI is InChI=1S/C12H22N2O/c1-8(2)6-11-12(9(3)4)10(7-13-5)14-15-11/h8-9,13H,6-7H2,1-5H3. The molecule has 1 heterocycles. The molecule has 1 aromatic rings. The van der Waals surface area contributed by atoms with Crippen molar-refractivity contribution in [3.05, 3.63) is 17.0 Å². The maximum absolute atomic E-state index is 5.43. The molecule has 86 valence electrons. The third-order valence-corrected chi connectivity index (χ3v) is 2.39. The smallest absolute Gasteiger partial charge is 0.140 e. The number of hydrogen-bond donors (Lipinski definition) is 1. The topological polar surface area (TPSA) is 38.1 Å². The fourth-order valence-electron chi connectivity index (χ4n) is 1.84. The zero-order valence-electron chi connectivity index (χ0n) is 10.4. The van der Waals surface area contributed by atoms with Gasteiger partial charge in [0.2, 0.25) is 0 Å². The van der Waals surface area contributed by atoms with Gasteiger partial charge in [-0.05, 0) is 18.9 Å². The zero-order chi connectivity index (χ0) is 11.4. The Balaban J connectivity index is 2.95. The van der Waals surface area contributed by atoms with Gasteiger partial charge in [0, 0.05) is 18.5 Å². The van der Waals surface area contributed by atoms with Crippen LogP contribution < -0.4 is 5.32 Å². The molecule has 0 aliphatic heterocycles. The zero-order valence-corrected chi connectivity index (χ0v) is 10.4. The first-order chi connectivity index (χ1) is 7.06. The average molecular weight is 210 g/mol. The van der Waals surface area contributed by atoms with Crippen LogP contribution in [0.25, 0.3) is 0 Å². The molecule has 0 unspecified atom stereocenters. The van der Waals surface area contributed by atoms with Crippen molar-refractivity contribution < 1.29 is 4.52 Å². The minimum atomic E-state index is 0.480. The SMILES string of the molecule is CNCc1noc(CC(C)C)c1C(C)C. The summed E-state index contributed by atoms with van der Waals surface area (Å²) >= 11 is 0. The predicted octanol–water partition coefficient (Wildman–Crippen LogP) is 2.72. The highest BCUT2D eigenvalue weighted by Gasteiger charge is 2.18. The van der Waals surface area contributed by atoms with Gasteiger partial charge in [0.25, 0.3) is 0 Å². The third-order valence-electron chi connectivity index (χ3n) is 2.39. The average Bonchev–Trinajstić information content (AvgIpc) is 2.47. The second kappa shape index (κ2) is 5.31. The highest BCUT2D eigenvalue weighted by molar-refractivity contribution is 5.26. The van der Waals surface area contributed by atoms with Crippen LogP contribution in [0.5, 0.6) is 0 Å². The van der Waals surface area contributed by atoms with E-state index in [0.29, 0.717) is 11.8 Å². The van der Waals surface area contributed by atoms with E-state index in [-0.39, 0.29) is 0 Å². The maximum Gasteiger partial charge on any atom is 0.140 e. The number of aromatic nitrogens is 1. The molecule has 0 aromatic carbocycles. The van der Waals surface area contributed by atoms with Gasteiger partial charge in [-0.3, -0.25) is 0 Å². The van der Waals surface area contributed by atoms with Gasteiger partial charge in [-0.25, -0.2) is 0 Å². The second-order valence-corrected chi connectivity index (χ2v) is 4.75. The van der Waals surface area contributed by atoms with E-state index in [1.165, 1.54) is 5.56 Å². The van der Waals surface area contributed by atoms with E-state index in [1.54, 1.807) is 0 Å². The summed E-state index contributed by atoms with van der Waals surface area (Å²) in [6.45, 7) is 9.56. The number of hydrogen-bond acceptors (Lipinski definition) is 3. The Bertz CT molecular complexity index is 303. The van der Waals surface area contributed by atoms with Crippen molar-refractivity contribution >= 4 is 0 Å². The summed E-state index contributed by atoms with van der Waals surface area (Å²) in [4.78, 5) is 0. The molecule has 1 rings (SSSR count). The fraction of sp³-hybridized carbons (Fsp3) is 0.750. The van der Waals surface area contributed by atoms with Gasteiger partial charge in [0.05, 0.1) is 0 Å². The maximum atomic E-state index is 5.43. The van der Waals surface area contributed by atoms with E-state index >= 15 is 0 Å². The molecule has 0 saturated carbocycles. The summed E-state index contributed by atoms with van der Waals surface area (Å²) in [6.07, 6.45) is 0.976. The minimum Gasteiger partial charge on any atom is -0.361 e. The molecule has 3 heteroatoms. The molecule has 0 fully saturated rings. The highest BCUT2D eigenvalue weighted by atomic mass is 16.5. The summed E-state index contributed by atoms with van der Waals surface area (Å²) in [5.41, 5.74) is 2.35. The molecule has 0 radical (unpaired) electrons. The first kappa shape index (κ1) is 12.2. The Labute approximate surface area is 92.2 Å². The van der Waals surface area contributed by atoms with E-state index in [1.807, 2.05) is 7.05 Å². The molecule has 3 nitrogen and oxygen atoms in total. The van der Waals surface area contributed by atoms with Gasteiger partial charge in [0.1, 0.15) is 11.5 Å². The van der Waals surface area contributed by atoms with Gasteiger partial charge in [-0.15, -0.1) is 0 Å². The van der Waals surface area contributed by atoms with Crippen molar-refractivity contribution in [2.24, 2.45) is 5.92 Å². The molecule has 15 heavy (non-hydrogen) atoms. The lowest BCUT2D eigenvalue weighted by atomic mass is 9.96. The normalized spacial score (nSPS) is 11.7. The number of nitrogens with zero attached hydrogens (tertiary/aromatic N) is 1. The van der Waals surface area contributed by atoms with Crippen molar-refractivity contribution in [1.82, 2.24) is 10.5 Å². The molecule has 0 saturated heterocycles. The van der Waals surface area contributed by atoms with Gasteiger partial charge in [0.15, 0.2) is 0 Å². The quantitative estimate of drug-likeness (QED) is 0.812. The fourth-order valence-corrected chi connectivity index (χ4v) is 1.84. The van der Waals surface area contributed by atoms with Gasteiger partial charge in [-0.1, -0.05) is 32.9 Å². The molecule has 0 amide bonds.